The fourth-order valence-corrected chi connectivity index (χ4v) is 4.24. The number of amides is 2. The number of carboxylic acids is 1. The Labute approximate surface area is 223 Å². The highest BCUT2D eigenvalue weighted by Crippen LogP contribution is 2.28. The lowest BCUT2D eigenvalue weighted by Gasteiger charge is -2.26. The highest BCUT2D eigenvalue weighted by Gasteiger charge is 2.27. The van der Waals surface area contributed by atoms with Gasteiger partial charge in [-0.05, 0) is 86.3 Å². The molecule has 0 radical (unpaired) electrons. The monoisotopic (exact) mass is 538 g/mol. The Morgan fingerprint density at radius 2 is 1.33 bits per heavy atom. The van der Waals surface area contributed by atoms with Crippen molar-refractivity contribution in [3.8, 4) is 17.2 Å². The quantitative estimate of drug-likeness (QED) is 0.315. The van der Waals surface area contributed by atoms with Gasteiger partial charge in [-0.1, -0.05) is 0 Å². The molecular weight excluding hydrogens is 510 g/mol. The van der Waals surface area contributed by atoms with Crippen molar-refractivity contribution in [3.05, 3.63) is 89.5 Å². The maximum atomic E-state index is 14.6. The molecule has 3 aromatic rings. The van der Waals surface area contributed by atoms with Crippen LogP contribution in [0.25, 0.3) is 0 Å². The van der Waals surface area contributed by atoms with Gasteiger partial charge in [-0.2, -0.15) is 0 Å². The van der Waals surface area contributed by atoms with Gasteiger partial charge in [-0.25, -0.2) is 8.78 Å². The standard InChI is InChI=1S/C29H28F2N2O6/c30-20-5-11-23(12-6-20)38-21-7-1-18(2-8-21)27(34)32-15-16-33-28(35)25-14-13-24(17-26(25)31)39-22-9-3-19(4-10-22)29(36)37/h1-2,5-8,11-14,17,19,22H,3-4,9-10,15-16H2,(H,32,34)(H,33,35)(H,36,37)/t19-,22+. The summed E-state index contributed by atoms with van der Waals surface area (Å²) in [7, 11) is 0. The van der Waals surface area contributed by atoms with Crippen molar-refractivity contribution in [2.45, 2.75) is 31.8 Å². The highest BCUT2D eigenvalue weighted by atomic mass is 19.1. The first kappa shape index (κ1) is 27.6. The molecule has 0 aromatic heterocycles. The van der Waals surface area contributed by atoms with E-state index in [1.165, 1.54) is 36.4 Å². The molecule has 4 rings (SSSR count). The van der Waals surface area contributed by atoms with E-state index in [1.807, 2.05) is 0 Å². The number of hydrogen-bond donors (Lipinski definition) is 3. The summed E-state index contributed by atoms with van der Waals surface area (Å²) in [6.07, 6.45) is 1.97. The molecule has 1 fully saturated rings. The third-order valence-corrected chi connectivity index (χ3v) is 6.37. The van der Waals surface area contributed by atoms with Gasteiger partial charge in [-0.15, -0.1) is 0 Å². The molecule has 0 bridgehead atoms. The lowest BCUT2D eigenvalue weighted by atomic mass is 9.87. The molecule has 2 amide bonds. The van der Waals surface area contributed by atoms with Crippen molar-refractivity contribution in [1.82, 2.24) is 10.6 Å². The first-order valence-corrected chi connectivity index (χ1v) is 12.6. The molecule has 0 aliphatic heterocycles. The second-order valence-corrected chi connectivity index (χ2v) is 9.16. The maximum Gasteiger partial charge on any atom is 0.306 e. The summed E-state index contributed by atoms with van der Waals surface area (Å²) in [5, 5.41) is 14.3. The summed E-state index contributed by atoms with van der Waals surface area (Å²) >= 11 is 0. The summed E-state index contributed by atoms with van der Waals surface area (Å²) in [6.45, 7) is 0.209. The van der Waals surface area contributed by atoms with Crippen LogP contribution in [0, 0.1) is 17.6 Å². The van der Waals surface area contributed by atoms with Crippen molar-refractivity contribution < 1.29 is 37.7 Å². The minimum Gasteiger partial charge on any atom is -0.490 e. The van der Waals surface area contributed by atoms with Crippen LogP contribution in [0.1, 0.15) is 46.4 Å². The predicted octanol–water partition coefficient (Wildman–Crippen LogP) is 4.94. The van der Waals surface area contributed by atoms with Gasteiger partial charge in [0.15, 0.2) is 0 Å². The Morgan fingerprint density at radius 3 is 1.92 bits per heavy atom. The topological polar surface area (TPSA) is 114 Å². The summed E-state index contributed by atoms with van der Waals surface area (Å²) in [5.41, 5.74) is 0.228. The van der Waals surface area contributed by atoms with Crippen LogP contribution in [-0.2, 0) is 4.79 Å². The number of carbonyl (C=O) groups excluding carboxylic acids is 2. The van der Waals surface area contributed by atoms with Gasteiger partial charge in [0.05, 0.1) is 17.6 Å². The van der Waals surface area contributed by atoms with E-state index in [2.05, 4.69) is 10.6 Å². The second kappa shape index (κ2) is 12.9. The molecule has 204 valence electrons. The summed E-state index contributed by atoms with van der Waals surface area (Å²) < 4.78 is 38.9. The Bertz CT molecular complexity index is 1310. The van der Waals surface area contributed by atoms with E-state index >= 15 is 0 Å². The maximum absolute atomic E-state index is 14.6. The van der Waals surface area contributed by atoms with Crippen molar-refractivity contribution in [2.24, 2.45) is 5.92 Å². The molecule has 3 aromatic carbocycles. The minimum absolute atomic E-state index is 0.0842. The van der Waals surface area contributed by atoms with Crippen LogP contribution in [-0.4, -0.2) is 42.1 Å². The molecule has 3 N–H and O–H groups in total. The van der Waals surface area contributed by atoms with Crippen LogP contribution < -0.4 is 20.1 Å². The molecule has 0 spiro atoms. The summed E-state index contributed by atoms with van der Waals surface area (Å²) in [5.74, 6) is -2.05. The van der Waals surface area contributed by atoms with E-state index in [-0.39, 0.29) is 48.1 Å². The zero-order chi connectivity index (χ0) is 27.8. The van der Waals surface area contributed by atoms with Crippen LogP contribution >= 0.6 is 0 Å². The van der Waals surface area contributed by atoms with Crippen molar-refractivity contribution in [3.63, 3.8) is 0 Å². The number of carbonyl (C=O) groups is 3. The average molecular weight is 539 g/mol. The highest BCUT2D eigenvalue weighted by molar-refractivity contribution is 5.95. The SMILES string of the molecule is O=C(NCCNC(=O)c1ccc(O[C@H]2CC[C@@H](C(=O)O)CC2)cc1F)c1ccc(Oc2ccc(F)cc2)cc1. The van der Waals surface area contributed by atoms with Crippen LogP contribution in [0.2, 0.25) is 0 Å². The average Bonchev–Trinajstić information content (AvgIpc) is 2.93. The molecule has 1 aliphatic rings. The largest absolute Gasteiger partial charge is 0.490 e. The molecule has 0 heterocycles. The number of ether oxygens (including phenoxy) is 2. The van der Waals surface area contributed by atoms with Gasteiger partial charge in [0.1, 0.15) is 28.9 Å². The fourth-order valence-electron chi connectivity index (χ4n) is 4.24. The predicted molar refractivity (Wildman–Crippen MR) is 138 cm³/mol. The normalized spacial score (nSPS) is 16.7. The van der Waals surface area contributed by atoms with E-state index in [0.29, 0.717) is 42.7 Å². The molecule has 1 saturated carbocycles. The number of rotatable bonds is 10. The Hall–Kier alpha value is -4.47. The second-order valence-electron chi connectivity index (χ2n) is 9.16. The Morgan fingerprint density at radius 1 is 0.769 bits per heavy atom. The van der Waals surface area contributed by atoms with Crippen LogP contribution in [0.3, 0.4) is 0 Å². The fraction of sp³-hybridized carbons (Fsp3) is 0.276. The number of nitrogens with one attached hydrogen (secondary N) is 2. The van der Waals surface area contributed by atoms with E-state index in [1.54, 1.807) is 24.3 Å². The van der Waals surface area contributed by atoms with Gasteiger partial charge in [0.2, 0.25) is 0 Å². The van der Waals surface area contributed by atoms with Gasteiger partial charge in [0.25, 0.3) is 11.8 Å². The molecule has 0 atom stereocenters. The molecule has 1 aliphatic carbocycles. The number of benzene rings is 3. The van der Waals surface area contributed by atoms with Crippen molar-refractivity contribution in [1.29, 1.82) is 0 Å². The van der Waals surface area contributed by atoms with Crippen LogP contribution in [0.5, 0.6) is 17.2 Å². The summed E-state index contributed by atoms with van der Waals surface area (Å²) in [6, 6.07) is 15.9. The first-order chi connectivity index (χ1) is 18.8. The first-order valence-electron chi connectivity index (χ1n) is 12.6. The number of carboxylic acid groups (broad SMARTS) is 1. The zero-order valence-electron chi connectivity index (χ0n) is 21.0. The molecule has 39 heavy (non-hydrogen) atoms. The Balaban J connectivity index is 1.19. The van der Waals surface area contributed by atoms with E-state index in [4.69, 9.17) is 14.6 Å². The smallest absolute Gasteiger partial charge is 0.306 e. The van der Waals surface area contributed by atoms with Gasteiger partial charge in [-0.3, -0.25) is 14.4 Å². The lowest BCUT2D eigenvalue weighted by molar-refractivity contribution is -0.143. The minimum atomic E-state index is -0.807. The number of hydrogen-bond acceptors (Lipinski definition) is 5. The molecule has 0 saturated heterocycles. The molecule has 8 nitrogen and oxygen atoms in total. The van der Waals surface area contributed by atoms with E-state index in [9.17, 15) is 23.2 Å². The number of aliphatic carboxylic acids is 1. The van der Waals surface area contributed by atoms with Crippen molar-refractivity contribution in [2.75, 3.05) is 13.1 Å². The third kappa shape index (κ3) is 7.76. The molecular formula is C29H28F2N2O6. The zero-order valence-corrected chi connectivity index (χ0v) is 21.0. The number of halogens is 2. The summed E-state index contributed by atoms with van der Waals surface area (Å²) in [4.78, 5) is 35.8. The van der Waals surface area contributed by atoms with Gasteiger partial charge >= 0.3 is 5.97 Å². The lowest BCUT2D eigenvalue weighted by Crippen LogP contribution is -2.35. The Kier molecular flexibility index (Phi) is 9.09. The van der Waals surface area contributed by atoms with E-state index < -0.39 is 17.7 Å². The third-order valence-electron chi connectivity index (χ3n) is 6.37. The molecule has 10 heteroatoms. The van der Waals surface area contributed by atoms with Crippen molar-refractivity contribution >= 4 is 17.8 Å². The van der Waals surface area contributed by atoms with Crippen LogP contribution in [0.4, 0.5) is 8.78 Å². The van der Waals surface area contributed by atoms with Gasteiger partial charge < -0.3 is 25.2 Å². The van der Waals surface area contributed by atoms with Crippen LogP contribution in [0.15, 0.2) is 66.7 Å². The molecule has 0 unspecified atom stereocenters. The van der Waals surface area contributed by atoms with E-state index in [0.717, 1.165) is 6.07 Å². The van der Waals surface area contributed by atoms with Gasteiger partial charge in [0, 0.05) is 24.7 Å².